The quantitative estimate of drug-likeness (QED) is 0.481. The first kappa shape index (κ1) is 18.2. The van der Waals surface area contributed by atoms with E-state index in [2.05, 4.69) is 10.2 Å². The van der Waals surface area contributed by atoms with Crippen LogP contribution in [-0.2, 0) is 9.47 Å². The van der Waals surface area contributed by atoms with Gasteiger partial charge in [0.1, 0.15) is 5.56 Å². The number of carbonyl (C=O) groups is 1. The average Bonchev–Trinajstić information content (AvgIpc) is 2.54. The van der Waals surface area contributed by atoms with Crippen molar-refractivity contribution in [3.63, 3.8) is 0 Å². The number of carbonyl (C=O) groups excluding carboxylic acids is 1. The maximum atomic E-state index is 12.0. The summed E-state index contributed by atoms with van der Waals surface area (Å²) in [6.45, 7) is 6.16. The van der Waals surface area contributed by atoms with E-state index in [9.17, 15) is 14.9 Å². The number of nitro groups is 1. The van der Waals surface area contributed by atoms with E-state index in [1.807, 2.05) is 14.0 Å². The van der Waals surface area contributed by atoms with Crippen molar-refractivity contribution in [1.29, 1.82) is 0 Å². The molecule has 0 aromatic heterocycles. The third-order valence-corrected chi connectivity index (χ3v) is 3.94. The van der Waals surface area contributed by atoms with Crippen molar-refractivity contribution >= 4 is 17.3 Å². The number of anilines is 1. The molecule has 0 amide bonds. The molecule has 2 rings (SSSR count). The van der Waals surface area contributed by atoms with Crippen LogP contribution >= 0.6 is 0 Å². The normalized spacial score (nSPS) is 19.5. The Morgan fingerprint density at radius 1 is 1.58 bits per heavy atom. The number of morpholine rings is 1. The molecule has 132 valence electrons. The zero-order valence-electron chi connectivity index (χ0n) is 14.2. The second kappa shape index (κ2) is 8.07. The van der Waals surface area contributed by atoms with Crippen LogP contribution < -0.4 is 5.32 Å². The summed E-state index contributed by atoms with van der Waals surface area (Å²) in [4.78, 5) is 24.7. The Labute approximate surface area is 140 Å². The van der Waals surface area contributed by atoms with E-state index in [1.54, 1.807) is 13.0 Å². The summed E-state index contributed by atoms with van der Waals surface area (Å²) in [5, 5.41) is 14.4. The van der Waals surface area contributed by atoms with Gasteiger partial charge in [-0.1, -0.05) is 0 Å². The van der Waals surface area contributed by atoms with E-state index in [0.717, 1.165) is 13.1 Å². The number of benzene rings is 1. The maximum Gasteiger partial charge on any atom is 0.345 e. The summed E-state index contributed by atoms with van der Waals surface area (Å²) >= 11 is 0. The van der Waals surface area contributed by atoms with Crippen molar-refractivity contribution in [2.45, 2.75) is 26.0 Å². The van der Waals surface area contributed by atoms with Gasteiger partial charge in [0.25, 0.3) is 5.69 Å². The van der Waals surface area contributed by atoms with Crippen LogP contribution in [0.3, 0.4) is 0 Å². The van der Waals surface area contributed by atoms with Gasteiger partial charge in [0, 0.05) is 24.8 Å². The van der Waals surface area contributed by atoms with E-state index in [-0.39, 0.29) is 30.0 Å². The fraction of sp³-hybridized carbons (Fsp3) is 0.562. The average molecular weight is 337 g/mol. The highest BCUT2D eigenvalue weighted by molar-refractivity contribution is 5.95. The first-order valence-corrected chi connectivity index (χ1v) is 7.94. The predicted octanol–water partition coefficient (Wildman–Crippen LogP) is 1.90. The topological polar surface area (TPSA) is 93.9 Å². The number of ether oxygens (including phenoxy) is 2. The van der Waals surface area contributed by atoms with Crippen LogP contribution in [0.25, 0.3) is 0 Å². The molecule has 0 saturated carbocycles. The van der Waals surface area contributed by atoms with Crippen LogP contribution in [0.15, 0.2) is 18.2 Å². The molecular weight excluding hydrogens is 314 g/mol. The van der Waals surface area contributed by atoms with Gasteiger partial charge in [0.15, 0.2) is 0 Å². The Kier molecular flexibility index (Phi) is 6.10. The molecule has 24 heavy (non-hydrogen) atoms. The van der Waals surface area contributed by atoms with E-state index < -0.39 is 10.9 Å². The number of likely N-dealkylation sites (N-methyl/N-ethyl adjacent to an activating group) is 1. The number of nitrogens with zero attached hydrogens (tertiary/aromatic N) is 2. The third kappa shape index (κ3) is 4.42. The van der Waals surface area contributed by atoms with Crippen LogP contribution in [0.2, 0.25) is 0 Å². The van der Waals surface area contributed by atoms with Gasteiger partial charge in [0.05, 0.1) is 30.3 Å². The molecule has 1 aromatic carbocycles. The van der Waals surface area contributed by atoms with Crippen molar-refractivity contribution in [1.82, 2.24) is 4.90 Å². The van der Waals surface area contributed by atoms with Gasteiger partial charge in [-0.15, -0.1) is 0 Å². The molecule has 1 N–H and O–H groups in total. The van der Waals surface area contributed by atoms with Crippen molar-refractivity contribution in [3.8, 4) is 0 Å². The number of nitro benzene ring substituents is 1. The highest BCUT2D eigenvalue weighted by atomic mass is 16.6. The zero-order valence-corrected chi connectivity index (χ0v) is 14.2. The Morgan fingerprint density at radius 3 is 2.96 bits per heavy atom. The van der Waals surface area contributed by atoms with Crippen LogP contribution in [0.1, 0.15) is 24.2 Å². The van der Waals surface area contributed by atoms with Crippen molar-refractivity contribution in [2.75, 3.05) is 38.7 Å². The standard InChI is InChI=1S/C16H23N3O5/c1-4-23-16(20)13-9-12(5-6-14(13)19(21)22)17-11(2)15-10-18(3)7-8-24-15/h5-6,9,11,15,17H,4,7-8,10H2,1-3H3. The van der Waals surface area contributed by atoms with E-state index in [1.165, 1.54) is 12.1 Å². The third-order valence-electron chi connectivity index (χ3n) is 3.94. The summed E-state index contributed by atoms with van der Waals surface area (Å²) in [5.74, 6) is -0.700. The molecular formula is C16H23N3O5. The lowest BCUT2D eigenvalue weighted by Crippen LogP contribution is -2.47. The van der Waals surface area contributed by atoms with Gasteiger partial charge in [-0.05, 0) is 33.0 Å². The van der Waals surface area contributed by atoms with Gasteiger partial charge in [-0.2, -0.15) is 0 Å². The highest BCUT2D eigenvalue weighted by Gasteiger charge is 2.25. The summed E-state index contributed by atoms with van der Waals surface area (Å²) in [6.07, 6.45) is 0.00462. The van der Waals surface area contributed by atoms with Crippen LogP contribution in [0, 0.1) is 10.1 Å². The fourth-order valence-electron chi connectivity index (χ4n) is 2.63. The largest absolute Gasteiger partial charge is 0.462 e. The van der Waals surface area contributed by atoms with Gasteiger partial charge < -0.3 is 19.7 Å². The molecule has 1 aliphatic rings. The lowest BCUT2D eigenvalue weighted by atomic mass is 10.1. The van der Waals surface area contributed by atoms with Gasteiger partial charge >= 0.3 is 5.97 Å². The Morgan fingerprint density at radius 2 is 2.33 bits per heavy atom. The second-order valence-electron chi connectivity index (χ2n) is 5.81. The molecule has 0 spiro atoms. The van der Waals surface area contributed by atoms with Gasteiger partial charge in [-0.25, -0.2) is 4.79 Å². The molecule has 0 radical (unpaired) electrons. The molecule has 1 saturated heterocycles. The van der Waals surface area contributed by atoms with Crippen LogP contribution in [0.4, 0.5) is 11.4 Å². The summed E-state index contributed by atoms with van der Waals surface area (Å²) in [5.41, 5.74) is 0.300. The minimum atomic E-state index is -0.700. The minimum Gasteiger partial charge on any atom is -0.462 e. The molecule has 8 nitrogen and oxygen atoms in total. The van der Waals surface area contributed by atoms with E-state index in [4.69, 9.17) is 9.47 Å². The number of esters is 1. The Balaban J connectivity index is 2.16. The SMILES string of the molecule is CCOC(=O)c1cc(NC(C)C2CN(C)CCO2)ccc1[N+](=O)[O-]. The molecule has 0 bridgehead atoms. The van der Waals surface area contributed by atoms with Crippen LogP contribution in [-0.4, -0.2) is 61.3 Å². The monoisotopic (exact) mass is 337 g/mol. The lowest BCUT2D eigenvalue weighted by molar-refractivity contribution is -0.385. The molecule has 0 aliphatic carbocycles. The first-order chi connectivity index (χ1) is 11.4. The maximum absolute atomic E-state index is 12.0. The van der Waals surface area contributed by atoms with Crippen molar-refractivity contribution in [2.24, 2.45) is 0 Å². The number of nitrogens with one attached hydrogen (secondary N) is 1. The smallest absolute Gasteiger partial charge is 0.345 e. The molecule has 1 aliphatic heterocycles. The molecule has 2 atom stereocenters. The molecule has 1 heterocycles. The van der Waals surface area contributed by atoms with E-state index in [0.29, 0.717) is 12.3 Å². The van der Waals surface area contributed by atoms with Crippen molar-refractivity contribution in [3.05, 3.63) is 33.9 Å². The summed E-state index contributed by atoms with van der Waals surface area (Å²) in [6, 6.07) is 4.35. The Hall–Kier alpha value is -2.19. The fourth-order valence-corrected chi connectivity index (χ4v) is 2.63. The first-order valence-electron chi connectivity index (χ1n) is 7.94. The van der Waals surface area contributed by atoms with Crippen molar-refractivity contribution < 1.29 is 19.2 Å². The minimum absolute atomic E-state index is 0.00462. The molecule has 1 aromatic rings. The predicted molar refractivity (Wildman–Crippen MR) is 89.4 cm³/mol. The molecule has 8 heteroatoms. The van der Waals surface area contributed by atoms with E-state index >= 15 is 0 Å². The summed E-state index contributed by atoms with van der Waals surface area (Å²) < 4.78 is 10.7. The number of hydrogen-bond acceptors (Lipinski definition) is 7. The number of hydrogen-bond donors (Lipinski definition) is 1. The second-order valence-corrected chi connectivity index (χ2v) is 5.81. The van der Waals surface area contributed by atoms with Gasteiger partial charge in [0.2, 0.25) is 0 Å². The number of rotatable bonds is 6. The lowest BCUT2D eigenvalue weighted by Gasteiger charge is -2.34. The zero-order chi connectivity index (χ0) is 17.7. The van der Waals surface area contributed by atoms with Gasteiger partial charge in [-0.3, -0.25) is 10.1 Å². The highest BCUT2D eigenvalue weighted by Crippen LogP contribution is 2.24. The summed E-state index contributed by atoms with van der Waals surface area (Å²) in [7, 11) is 2.03. The Bertz CT molecular complexity index is 607. The molecule has 1 fully saturated rings. The molecule has 2 unspecified atom stereocenters. The van der Waals surface area contributed by atoms with Crippen LogP contribution in [0.5, 0.6) is 0 Å².